The van der Waals surface area contributed by atoms with Gasteiger partial charge < -0.3 is 14.0 Å². The summed E-state index contributed by atoms with van der Waals surface area (Å²) in [5.74, 6) is 0.877. The molecule has 0 unspecified atom stereocenters. The van der Waals surface area contributed by atoms with E-state index in [1.54, 1.807) is 11.8 Å². The zero-order valence-corrected chi connectivity index (χ0v) is 16.4. The zero-order valence-electron chi connectivity index (χ0n) is 15.5. The van der Waals surface area contributed by atoms with Crippen molar-refractivity contribution in [3.8, 4) is 0 Å². The lowest BCUT2D eigenvalue weighted by Gasteiger charge is -2.35. The Morgan fingerprint density at radius 1 is 1.15 bits per heavy atom. The van der Waals surface area contributed by atoms with E-state index in [1.165, 1.54) is 0 Å². The van der Waals surface area contributed by atoms with Crippen molar-refractivity contribution in [3.63, 3.8) is 0 Å². The lowest BCUT2D eigenvalue weighted by Crippen LogP contribution is -2.48. The van der Waals surface area contributed by atoms with Gasteiger partial charge in [0.1, 0.15) is 5.65 Å². The Morgan fingerprint density at radius 2 is 1.89 bits per heavy atom. The van der Waals surface area contributed by atoms with E-state index in [1.807, 2.05) is 71.8 Å². The van der Waals surface area contributed by atoms with Crippen molar-refractivity contribution < 1.29 is 9.53 Å². The Hall–Kier alpha value is -2.31. The second kappa shape index (κ2) is 7.74. The molecule has 0 bridgehead atoms. The standard InChI is InChI=1S/C21H23N3O2S/c1-15-11-24(12-16(2)26-15)21(25)17-6-8-19(9-7-17)27-14-18-13-23-10-4-3-5-20(23)22-18/h3-10,13,15-16H,11-12,14H2,1-2H3/t15-,16-/m1/s1. The van der Waals surface area contributed by atoms with Crippen molar-refractivity contribution >= 4 is 23.3 Å². The second-order valence-corrected chi connectivity index (χ2v) is 8.03. The molecule has 1 aliphatic rings. The molecule has 1 aromatic carbocycles. The average molecular weight is 382 g/mol. The lowest BCUT2D eigenvalue weighted by atomic mass is 10.1. The summed E-state index contributed by atoms with van der Waals surface area (Å²) >= 11 is 1.72. The first-order valence-electron chi connectivity index (χ1n) is 9.19. The van der Waals surface area contributed by atoms with Gasteiger partial charge >= 0.3 is 0 Å². The van der Waals surface area contributed by atoms with Crippen LogP contribution in [0.4, 0.5) is 0 Å². The van der Waals surface area contributed by atoms with Crippen LogP contribution in [0.2, 0.25) is 0 Å². The molecule has 3 heterocycles. The van der Waals surface area contributed by atoms with Gasteiger partial charge in [0.2, 0.25) is 0 Å². The number of nitrogens with zero attached hydrogens (tertiary/aromatic N) is 3. The first-order chi connectivity index (χ1) is 13.1. The highest BCUT2D eigenvalue weighted by molar-refractivity contribution is 7.98. The lowest BCUT2D eigenvalue weighted by molar-refractivity contribution is -0.0586. The van der Waals surface area contributed by atoms with Crippen molar-refractivity contribution in [2.24, 2.45) is 0 Å². The van der Waals surface area contributed by atoms with Gasteiger partial charge in [0.25, 0.3) is 5.91 Å². The van der Waals surface area contributed by atoms with Crippen molar-refractivity contribution in [2.45, 2.75) is 36.7 Å². The number of pyridine rings is 1. The van der Waals surface area contributed by atoms with Gasteiger partial charge in [-0.3, -0.25) is 4.79 Å². The number of amides is 1. The maximum atomic E-state index is 12.7. The molecular formula is C21H23N3O2S. The van der Waals surface area contributed by atoms with Gasteiger partial charge in [0.05, 0.1) is 17.9 Å². The van der Waals surface area contributed by atoms with Crippen molar-refractivity contribution in [2.75, 3.05) is 13.1 Å². The van der Waals surface area contributed by atoms with Crippen molar-refractivity contribution in [1.82, 2.24) is 14.3 Å². The summed E-state index contributed by atoms with van der Waals surface area (Å²) in [4.78, 5) is 20.4. The van der Waals surface area contributed by atoms with Gasteiger partial charge in [-0.2, -0.15) is 0 Å². The normalized spacial score (nSPS) is 20.1. The summed E-state index contributed by atoms with van der Waals surface area (Å²) in [6.07, 6.45) is 4.22. The maximum Gasteiger partial charge on any atom is 0.254 e. The summed E-state index contributed by atoms with van der Waals surface area (Å²) in [6, 6.07) is 13.9. The first-order valence-corrected chi connectivity index (χ1v) is 10.2. The van der Waals surface area contributed by atoms with Crippen LogP contribution in [0.5, 0.6) is 0 Å². The molecule has 0 saturated carbocycles. The number of carbonyl (C=O) groups excluding carboxylic acids is 1. The Balaban J connectivity index is 1.39. The molecule has 1 amide bonds. The summed E-state index contributed by atoms with van der Waals surface area (Å²) in [7, 11) is 0. The van der Waals surface area contributed by atoms with Crippen LogP contribution in [0.3, 0.4) is 0 Å². The van der Waals surface area contributed by atoms with Crippen LogP contribution in [0.25, 0.3) is 5.65 Å². The fourth-order valence-electron chi connectivity index (χ4n) is 3.43. The first kappa shape index (κ1) is 18.1. The molecule has 0 N–H and O–H groups in total. The van der Waals surface area contributed by atoms with E-state index in [4.69, 9.17) is 4.74 Å². The van der Waals surface area contributed by atoms with Crippen molar-refractivity contribution in [3.05, 3.63) is 66.1 Å². The smallest absolute Gasteiger partial charge is 0.254 e. The van der Waals surface area contributed by atoms with E-state index in [0.717, 1.165) is 27.6 Å². The van der Waals surface area contributed by atoms with Gasteiger partial charge in [0, 0.05) is 41.7 Å². The average Bonchev–Trinajstić information content (AvgIpc) is 3.08. The molecule has 140 valence electrons. The SMILES string of the molecule is C[C@@H]1CN(C(=O)c2ccc(SCc3cn4ccccc4n3)cc2)C[C@@H](C)O1. The molecule has 6 heteroatoms. The number of hydrogen-bond acceptors (Lipinski definition) is 4. The fourth-order valence-corrected chi connectivity index (χ4v) is 4.22. The molecule has 4 rings (SSSR count). The van der Waals surface area contributed by atoms with Crippen LogP contribution in [-0.4, -0.2) is 45.5 Å². The molecular weight excluding hydrogens is 358 g/mol. The number of fused-ring (bicyclic) bond motifs is 1. The minimum Gasteiger partial charge on any atom is -0.372 e. The predicted octanol–water partition coefficient (Wildman–Crippen LogP) is 3.88. The molecule has 1 fully saturated rings. The fraction of sp³-hybridized carbons (Fsp3) is 0.333. The minimum absolute atomic E-state index is 0.0777. The molecule has 3 aromatic rings. The molecule has 2 atom stereocenters. The number of rotatable bonds is 4. The van der Waals surface area contributed by atoms with E-state index >= 15 is 0 Å². The molecule has 0 aliphatic carbocycles. The van der Waals surface area contributed by atoms with Crippen LogP contribution in [0, 0.1) is 0 Å². The number of carbonyl (C=O) groups is 1. The highest BCUT2D eigenvalue weighted by Gasteiger charge is 2.26. The third kappa shape index (κ3) is 4.17. The number of thioether (sulfide) groups is 1. The molecule has 0 radical (unpaired) electrons. The summed E-state index contributed by atoms with van der Waals surface area (Å²) in [6.45, 7) is 5.31. The van der Waals surface area contributed by atoms with E-state index in [-0.39, 0.29) is 18.1 Å². The van der Waals surface area contributed by atoms with E-state index in [0.29, 0.717) is 13.1 Å². The Morgan fingerprint density at radius 3 is 2.59 bits per heavy atom. The van der Waals surface area contributed by atoms with E-state index in [2.05, 4.69) is 11.2 Å². The molecule has 2 aromatic heterocycles. The molecule has 27 heavy (non-hydrogen) atoms. The summed E-state index contributed by atoms with van der Waals surface area (Å²) in [5.41, 5.74) is 2.74. The Kier molecular flexibility index (Phi) is 5.18. The Bertz CT molecular complexity index is 895. The van der Waals surface area contributed by atoms with Gasteiger partial charge in [0.15, 0.2) is 0 Å². The van der Waals surface area contributed by atoms with Crippen LogP contribution in [0.15, 0.2) is 59.8 Å². The van der Waals surface area contributed by atoms with Crippen LogP contribution >= 0.6 is 11.8 Å². The number of aromatic nitrogens is 2. The van der Waals surface area contributed by atoms with Gasteiger partial charge in [-0.05, 0) is 50.2 Å². The maximum absolute atomic E-state index is 12.7. The molecule has 5 nitrogen and oxygen atoms in total. The summed E-state index contributed by atoms with van der Waals surface area (Å²) < 4.78 is 7.74. The van der Waals surface area contributed by atoms with Gasteiger partial charge in [-0.1, -0.05) is 6.07 Å². The highest BCUT2D eigenvalue weighted by Crippen LogP contribution is 2.24. The highest BCUT2D eigenvalue weighted by atomic mass is 32.2. The van der Waals surface area contributed by atoms with Crippen LogP contribution < -0.4 is 0 Å². The number of hydrogen-bond donors (Lipinski definition) is 0. The summed E-state index contributed by atoms with van der Waals surface area (Å²) in [5, 5.41) is 0. The van der Waals surface area contributed by atoms with E-state index in [9.17, 15) is 4.79 Å². The molecule has 1 aliphatic heterocycles. The zero-order chi connectivity index (χ0) is 18.8. The topological polar surface area (TPSA) is 46.8 Å². The quantitative estimate of drug-likeness (QED) is 0.644. The second-order valence-electron chi connectivity index (χ2n) is 6.98. The molecule has 0 spiro atoms. The van der Waals surface area contributed by atoms with Crippen LogP contribution in [-0.2, 0) is 10.5 Å². The molecule has 1 saturated heterocycles. The predicted molar refractivity (Wildman–Crippen MR) is 107 cm³/mol. The third-order valence-corrected chi connectivity index (χ3v) is 5.65. The third-order valence-electron chi connectivity index (χ3n) is 4.61. The van der Waals surface area contributed by atoms with E-state index < -0.39 is 0 Å². The van der Waals surface area contributed by atoms with Gasteiger partial charge in [-0.25, -0.2) is 4.98 Å². The number of benzene rings is 1. The number of ether oxygens (including phenoxy) is 1. The number of imidazole rings is 1. The number of morpholine rings is 1. The van der Waals surface area contributed by atoms with Crippen LogP contribution in [0.1, 0.15) is 29.9 Å². The van der Waals surface area contributed by atoms with Crippen molar-refractivity contribution in [1.29, 1.82) is 0 Å². The monoisotopic (exact) mass is 381 g/mol. The van der Waals surface area contributed by atoms with Gasteiger partial charge in [-0.15, -0.1) is 11.8 Å². The largest absolute Gasteiger partial charge is 0.372 e. The minimum atomic E-state index is 0.0777. The Labute approximate surface area is 163 Å².